The summed E-state index contributed by atoms with van der Waals surface area (Å²) < 4.78 is 7.41. The van der Waals surface area contributed by atoms with E-state index in [9.17, 15) is 4.79 Å². The number of aryl methyl sites for hydroxylation is 1. The van der Waals surface area contributed by atoms with Gasteiger partial charge in [0, 0.05) is 28.7 Å². The van der Waals surface area contributed by atoms with E-state index in [2.05, 4.69) is 11.5 Å². The summed E-state index contributed by atoms with van der Waals surface area (Å²) in [6.07, 6.45) is 0. The fraction of sp³-hybridized carbons (Fsp3) is 0.333. The van der Waals surface area contributed by atoms with Gasteiger partial charge in [-0.2, -0.15) is 5.26 Å². The second kappa shape index (κ2) is 5.15. The molecule has 0 unspecified atom stereocenters. The van der Waals surface area contributed by atoms with Crippen molar-refractivity contribution in [2.45, 2.75) is 27.3 Å². The normalized spacial score (nSPS) is 10.4. The average Bonchev–Trinajstić information content (AvgIpc) is 2.66. The van der Waals surface area contributed by atoms with Crippen molar-refractivity contribution in [3.8, 4) is 11.8 Å². The van der Waals surface area contributed by atoms with E-state index in [-0.39, 0.29) is 12.4 Å². The minimum atomic E-state index is 0.00831. The number of ketones is 1. The number of hydrogen-bond donors (Lipinski definition) is 0. The summed E-state index contributed by atoms with van der Waals surface area (Å²) in [5.41, 5.74) is 2.73. The molecule has 0 saturated heterocycles. The molecule has 0 aliphatic heterocycles. The maximum Gasteiger partial charge on any atom is 0.174 e. The van der Waals surface area contributed by atoms with E-state index < -0.39 is 0 Å². The third-order valence-electron chi connectivity index (χ3n) is 3.27. The molecule has 4 heteroatoms. The maximum atomic E-state index is 11.8. The molecule has 2 aromatic rings. The average molecular weight is 256 g/mol. The Kier molecular flexibility index (Phi) is 3.57. The van der Waals surface area contributed by atoms with E-state index in [1.165, 1.54) is 0 Å². The zero-order valence-electron chi connectivity index (χ0n) is 11.4. The van der Waals surface area contributed by atoms with Crippen LogP contribution in [0.15, 0.2) is 18.2 Å². The number of aromatic nitrogens is 1. The van der Waals surface area contributed by atoms with Gasteiger partial charge in [0.25, 0.3) is 0 Å². The quantitative estimate of drug-likeness (QED) is 0.790. The number of hydrogen-bond acceptors (Lipinski definition) is 3. The number of nitriles is 1. The lowest BCUT2D eigenvalue weighted by Crippen LogP contribution is -1.99. The van der Waals surface area contributed by atoms with Crippen molar-refractivity contribution in [1.82, 2.24) is 4.57 Å². The molecule has 0 radical (unpaired) electrons. The molecule has 98 valence electrons. The van der Waals surface area contributed by atoms with Crippen molar-refractivity contribution in [2.24, 2.45) is 0 Å². The summed E-state index contributed by atoms with van der Waals surface area (Å²) in [5.74, 6) is 0.664. The molecular formula is C15H16N2O2. The number of carbonyl (C=O) groups excluding carboxylic acids is 1. The molecule has 0 aliphatic rings. The third-order valence-corrected chi connectivity index (χ3v) is 3.27. The van der Waals surface area contributed by atoms with E-state index in [1.54, 1.807) is 6.92 Å². The Morgan fingerprint density at radius 2 is 2.21 bits per heavy atom. The monoisotopic (exact) mass is 256 g/mol. The first-order chi connectivity index (χ1) is 9.10. The molecular weight excluding hydrogens is 240 g/mol. The van der Waals surface area contributed by atoms with Crippen molar-refractivity contribution in [3.63, 3.8) is 0 Å². The minimum absolute atomic E-state index is 0.00831. The van der Waals surface area contributed by atoms with Crippen LogP contribution in [-0.4, -0.2) is 17.0 Å². The number of ether oxygens (including phenoxy) is 1. The summed E-state index contributed by atoms with van der Waals surface area (Å²) >= 11 is 0. The molecule has 0 bridgehead atoms. The summed E-state index contributed by atoms with van der Waals surface area (Å²) in [6.45, 7) is 6.40. The van der Waals surface area contributed by atoms with Gasteiger partial charge in [-0.3, -0.25) is 4.79 Å². The molecule has 19 heavy (non-hydrogen) atoms. The predicted octanol–water partition coefficient (Wildman–Crippen LogP) is 3.07. The van der Waals surface area contributed by atoms with Crippen LogP contribution >= 0.6 is 0 Å². The largest absolute Gasteiger partial charge is 0.479 e. The smallest absolute Gasteiger partial charge is 0.174 e. The highest BCUT2D eigenvalue weighted by Crippen LogP contribution is 2.29. The highest BCUT2D eigenvalue weighted by Gasteiger charge is 2.16. The molecule has 2 rings (SSSR count). The lowest BCUT2D eigenvalue weighted by Gasteiger charge is -2.04. The van der Waals surface area contributed by atoms with E-state index >= 15 is 0 Å². The Labute approximate surface area is 112 Å². The van der Waals surface area contributed by atoms with E-state index in [1.807, 2.05) is 31.2 Å². The molecule has 1 aromatic carbocycles. The highest BCUT2D eigenvalue weighted by atomic mass is 16.5. The van der Waals surface area contributed by atoms with Gasteiger partial charge in [0.15, 0.2) is 12.4 Å². The van der Waals surface area contributed by atoms with Gasteiger partial charge in [-0.15, -0.1) is 0 Å². The molecule has 0 spiro atoms. The van der Waals surface area contributed by atoms with Crippen molar-refractivity contribution < 1.29 is 9.53 Å². The number of fused-ring (bicyclic) bond motifs is 1. The zero-order chi connectivity index (χ0) is 14.0. The summed E-state index contributed by atoms with van der Waals surface area (Å²) in [5, 5.41) is 9.43. The van der Waals surface area contributed by atoms with E-state index in [0.717, 1.165) is 28.7 Å². The second-order valence-corrected chi connectivity index (χ2v) is 4.39. The van der Waals surface area contributed by atoms with E-state index in [4.69, 9.17) is 10.00 Å². The summed E-state index contributed by atoms with van der Waals surface area (Å²) in [7, 11) is 0. The van der Waals surface area contributed by atoms with Gasteiger partial charge in [-0.1, -0.05) is 0 Å². The Bertz CT molecular complexity index is 677. The van der Waals surface area contributed by atoms with Crippen LogP contribution in [-0.2, 0) is 6.54 Å². The molecule has 0 aliphatic carbocycles. The van der Waals surface area contributed by atoms with Gasteiger partial charge >= 0.3 is 0 Å². The van der Waals surface area contributed by atoms with E-state index in [0.29, 0.717) is 5.75 Å². The molecule has 0 N–H and O–H groups in total. The second-order valence-electron chi connectivity index (χ2n) is 4.39. The topological polar surface area (TPSA) is 55.0 Å². The van der Waals surface area contributed by atoms with Gasteiger partial charge in [0.05, 0.1) is 0 Å². The zero-order valence-corrected chi connectivity index (χ0v) is 11.4. The first kappa shape index (κ1) is 13.2. The Balaban J connectivity index is 2.66. The molecule has 4 nitrogen and oxygen atoms in total. The Morgan fingerprint density at radius 1 is 1.47 bits per heavy atom. The highest BCUT2D eigenvalue weighted by molar-refractivity contribution is 6.08. The SMILES string of the molecule is CCn1c(C)c(C(C)=O)c2cc(OCC#N)ccc21. The molecule has 0 fully saturated rings. The standard InChI is InChI=1S/C15H16N2O2/c1-4-17-10(2)15(11(3)18)13-9-12(19-8-7-16)5-6-14(13)17/h5-6,9H,4,8H2,1-3H3. The maximum absolute atomic E-state index is 11.8. The first-order valence-electron chi connectivity index (χ1n) is 6.23. The van der Waals surface area contributed by atoms with Crippen molar-refractivity contribution in [1.29, 1.82) is 5.26 Å². The van der Waals surface area contributed by atoms with Gasteiger partial charge < -0.3 is 9.30 Å². The van der Waals surface area contributed by atoms with Crippen LogP contribution in [0, 0.1) is 18.3 Å². The van der Waals surface area contributed by atoms with Crippen LogP contribution in [0.5, 0.6) is 5.75 Å². The van der Waals surface area contributed by atoms with Crippen molar-refractivity contribution >= 4 is 16.7 Å². The minimum Gasteiger partial charge on any atom is -0.479 e. The first-order valence-corrected chi connectivity index (χ1v) is 6.23. The molecule has 0 amide bonds. The van der Waals surface area contributed by atoms with Gasteiger partial charge in [-0.25, -0.2) is 0 Å². The lowest BCUT2D eigenvalue weighted by molar-refractivity contribution is 0.101. The van der Waals surface area contributed by atoms with Crippen molar-refractivity contribution in [3.05, 3.63) is 29.5 Å². The molecule has 1 aromatic heterocycles. The number of Topliss-reactive ketones (excluding diaryl/α,β-unsaturated/α-hetero) is 1. The third kappa shape index (κ3) is 2.19. The molecule has 0 atom stereocenters. The van der Waals surface area contributed by atoms with Crippen LogP contribution < -0.4 is 4.74 Å². The molecule has 1 heterocycles. The Hall–Kier alpha value is -2.28. The summed E-state index contributed by atoms with van der Waals surface area (Å²) in [6, 6.07) is 7.53. The van der Waals surface area contributed by atoms with Gasteiger partial charge in [0.1, 0.15) is 11.8 Å². The predicted molar refractivity (Wildman–Crippen MR) is 73.5 cm³/mol. The van der Waals surface area contributed by atoms with Crippen LogP contribution in [0.2, 0.25) is 0 Å². The van der Waals surface area contributed by atoms with Crippen LogP contribution in [0.1, 0.15) is 29.9 Å². The Morgan fingerprint density at radius 3 is 2.79 bits per heavy atom. The van der Waals surface area contributed by atoms with Gasteiger partial charge in [-0.05, 0) is 39.0 Å². The number of nitrogens with zero attached hydrogens (tertiary/aromatic N) is 2. The van der Waals surface area contributed by atoms with Crippen LogP contribution in [0.3, 0.4) is 0 Å². The number of benzene rings is 1. The molecule has 0 saturated carbocycles. The van der Waals surface area contributed by atoms with Gasteiger partial charge in [0.2, 0.25) is 0 Å². The number of rotatable bonds is 4. The van der Waals surface area contributed by atoms with Crippen molar-refractivity contribution in [2.75, 3.05) is 6.61 Å². The van der Waals surface area contributed by atoms with Crippen LogP contribution in [0.4, 0.5) is 0 Å². The number of carbonyl (C=O) groups is 1. The summed E-state index contributed by atoms with van der Waals surface area (Å²) in [4.78, 5) is 11.8. The fourth-order valence-electron chi connectivity index (χ4n) is 2.52. The lowest BCUT2D eigenvalue weighted by atomic mass is 10.1. The fourth-order valence-corrected chi connectivity index (χ4v) is 2.52. The van der Waals surface area contributed by atoms with Crippen LogP contribution in [0.25, 0.3) is 10.9 Å².